The topological polar surface area (TPSA) is 88.7 Å². The van der Waals surface area contributed by atoms with Crippen LogP contribution in [0.15, 0.2) is 36.4 Å². The highest BCUT2D eigenvalue weighted by Crippen LogP contribution is 2.29. The number of benzene rings is 2. The summed E-state index contributed by atoms with van der Waals surface area (Å²) in [5, 5.41) is 7.38. The van der Waals surface area contributed by atoms with Gasteiger partial charge in [0.05, 0.1) is 26.5 Å². The Balaban J connectivity index is 2.01. The van der Waals surface area contributed by atoms with E-state index in [2.05, 4.69) is 10.6 Å². The first-order valence-corrected chi connectivity index (χ1v) is 8.84. The molecular formula is C20H22F3N3O4. The predicted molar refractivity (Wildman–Crippen MR) is 106 cm³/mol. The molecule has 2 aromatic rings. The molecule has 2 amide bonds. The molecule has 162 valence electrons. The number of amides is 2. The second-order valence-corrected chi connectivity index (χ2v) is 6.30. The van der Waals surface area contributed by atoms with Gasteiger partial charge in [-0.05, 0) is 36.8 Å². The van der Waals surface area contributed by atoms with Crippen molar-refractivity contribution in [2.24, 2.45) is 0 Å². The maximum atomic E-state index is 12.3. The van der Waals surface area contributed by atoms with Gasteiger partial charge in [-0.1, -0.05) is 6.07 Å². The van der Waals surface area contributed by atoms with Gasteiger partial charge in [0.1, 0.15) is 18.0 Å². The molecule has 0 saturated heterocycles. The summed E-state index contributed by atoms with van der Waals surface area (Å²) < 4.78 is 47.1. The smallest absolute Gasteiger partial charge is 0.405 e. The lowest BCUT2D eigenvalue weighted by Crippen LogP contribution is -2.33. The molecule has 7 nitrogen and oxygen atoms in total. The van der Waals surface area contributed by atoms with Crippen molar-refractivity contribution in [2.75, 3.05) is 37.9 Å². The van der Waals surface area contributed by atoms with Gasteiger partial charge < -0.3 is 25.4 Å². The van der Waals surface area contributed by atoms with E-state index in [1.165, 1.54) is 26.4 Å². The van der Waals surface area contributed by atoms with E-state index in [9.17, 15) is 22.8 Å². The quantitative estimate of drug-likeness (QED) is 0.604. The zero-order valence-electron chi connectivity index (χ0n) is 16.6. The van der Waals surface area contributed by atoms with Crippen molar-refractivity contribution in [3.8, 4) is 11.5 Å². The van der Waals surface area contributed by atoms with E-state index in [0.717, 1.165) is 5.56 Å². The lowest BCUT2D eigenvalue weighted by atomic mass is 10.1. The summed E-state index contributed by atoms with van der Waals surface area (Å²) in [4.78, 5) is 24.2. The number of methoxy groups -OCH3 is 2. The standard InChI is InChI=1S/C20H22F3N3O4/c1-12-4-5-13(19(28)25-11-20(21,22)23)8-16(12)24-10-18(27)26-15-7-6-14(29-2)9-17(15)30-3/h4-9,24H,10-11H2,1-3H3,(H,25,28)(H,26,27). The Morgan fingerprint density at radius 2 is 1.73 bits per heavy atom. The molecule has 2 rings (SSSR count). The van der Waals surface area contributed by atoms with Crippen molar-refractivity contribution in [2.45, 2.75) is 13.1 Å². The third-order valence-electron chi connectivity index (χ3n) is 4.07. The highest BCUT2D eigenvalue weighted by Gasteiger charge is 2.28. The van der Waals surface area contributed by atoms with E-state index >= 15 is 0 Å². The lowest BCUT2D eigenvalue weighted by Gasteiger charge is -2.14. The van der Waals surface area contributed by atoms with Gasteiger partial charge in [-0.3, -0.25) is 9.59 Å². The van der Waals surface area contributed by atoms with E-state index in [4.69, 9.17) is 9.47 Å². The van der Waals surface area contributed by atoms with Crippen LogP contribution >= 0.6 is 0 Å². The Hall–Kier alpha value is -3.43. The van der Waals surface area contributed by atoms with Crippen LogP contribution in [0.1, 0.15) is 15.9 Å². The molecule has 0 aliphatic carbocycles. The SMILES string of the molecule is COc1ccc(NC(=O)CNc2cc(C(=O)NCC(F)(F)F)ccc2C)c(OC)c1. The highest BCUT2D eigenvalue weighted by atomic mass is 19.4. The molecule has 0 bridgehead atoms. The number of nitrogens with one attached hydrogen (secondary N) is 3. The van der Waals surface area contributed by atoms with Gasteiger partial charge in [-0.2, -0.15) is 13.2 Å². The number of ether oxygens (including phenoxy) is 2. The first-order chi connectivity index (χ1) is 14.1. The van der Waals surface area contributed by atoms with Gasteiger partial charge in [-0.15, -0.1) is 0 Å². The molecule has 0 saturated carbocycles. The van der Waals surface area contributed by atoms with Gasteiger partial charge in [0.25, 0.3) is 5.91 Å². The number of aryl methyl sites for hydroxylation is 1. The molecule has 2 aromatic carbocycles. The molecule has 0 spiro atoms. The first-order valence-electron chi connectivity index (χ1n) is 8.84. The molecule has 10 heteroatoms. The Morgan fingerprint density at radius 3 is 2.37 bits per heavy atom. The fraction of sp³-hybridized carbons (Fsp3) is 0.300. The molecule has 3 N–H and O–H groups in total. The van der Waals surface area contributed by atoms with E-state index < -0.39 is 18.6 Å². The van der Waals surface area contributed by atoms with Crippen LogP contribution in [0.4, 0.5) is 24.5 Å². The number of hydrogen-bond acceptors (Lipinski definition) is 5. The zero-order chi connectivity index (χ0) is 22.3. The number of halogens is 3. The molecule has 0 fully saturated rings. The van der Waals surface area contributed by atoms with E-state index in [1.54, 1.807) is 31.2 Å². The fourth-order valence-electron chi connectivity index (χ4n) is 2.51. The second kappa shape index (κ2) is 9.86. The molecular weight excluding hydrogens is 403 g/mol. The van der Waals surface area contributed by atoms with Crippen LogP contribution in [-0.4, -0.2) is 45.3 Å². The summed E-state index contributed by atoms with van der Waals surface area (Å²) in [7, 11) is 2.97. The number of carbonyl (C=O) groups excluding carboxylic acids is 2. The van der Waals surface area contributed by atoms with Crippen LogP contribution in [0.2, 0.25) is 0 Å². The van der Waals surface area contributed by atoms with Crippen LogP contribution < -0.4 is 25.4 Å². The molecule has 0 unspecified atom stereocenters. The molecule has 30 heavy (non-hydrogen) atoms. The number of anilines is 2. The van der Waals surface area contributed by atoms with Crippen molar-refractivity contribution in [1.82, 2.24) is 5.32 Å². The van der Waals surface area contributed by atoms with Gasteiger partial charge >= 0.3 is 6.18 Å². The summed E-state index contributed by atoms with van der Waals surface area (Å²) in [6.07, 6.45) is -4.50. The summed E-state index contributed by atoms with van der Waals surface area (Å²) in [6, 6.07) is 9.30. The summed E-state index contributed by atoms with van der Waals surface area (Å²) in [5.74, 6) is -0.256. The summed E-state index contributed by atoms with van der Waals surface area (Å²) in [6.45, 7) is 0.183. The monoisotopic (exact) mass is 425 g/mol. The van der Waals surface area contributed by atoms with Crippen molar-refractivity contribution >= 4 is 23.2 Å². The van der Waals surface area contributed by atoms with E-state index in [0.29, 0.717) is 22.9 Å². The van der Waals surface area contributed by atoms with Gasteiger partial charge in [-0.25, -0.2) is 0 Å². The molecule has 0 heterocycles. The third-order valence-corrected chi connectivity index (χ3v) is 4.07. The summed E-state index contributed by atoms with van der Waals surface area (Å²) >= 11 is 0. The number of rotatable bonds is 8. The Labute approximate surface area is 171 Å². The van der Waals surface area contributed by atoms with Gasteiger partial charge in [0, 0.05) is 17.3 Å². The minimum absolute atomic E-state index is 0.0459. The fourth-order valence-corrected chi connectivity index (χ4v) is 2.51. The normalized spacial score (nSPS) is 10.9. The maximum absolute atomic E-state index is 12.3. The highest BCUT2D eigenvalue weighted by molar-refractivity contribution is 5.97. The second-order valence-electron chi connectivity index (χ2n) is 6.30. The Kier molecular flexibility index (Phi) is 7.51. The zero-order valence-corrected chi connectivity index (χ0v) is 16.6. The lowest BCUT2D eigenvalue weighted by molar-refractivity contribution is -0.123. The van der Waals surface area contributed by atoms with Crippen LogP contribution in [0.3, 0.4) is 0 Å². The van der Waals surface area contributed by atoms with Crippen LogP contribution in [0.5, 0.6) is 11.5 Å². The molecule has 0 radical (unpaired) electrons. The average molecular weight is 425 g/mol. The third kappa shape index (κ3) is 6.57. The van der Waals surface area contributed by atoms with Gasteiger partial charge in [0.2, 0.25) is 5.91 Å². The largest absolute Gasteiger partial charge is 0.497 e. The van der Waals surface area contributed by atoms with Crippen LogP contribution in [-0.2, 0) is 4.79 Å². The number of hydrogen-bond donors (Lipinski definition) is 3. The van der Waals surface area contributed by atoms with Gasteiger partial charge in [0.15, 0.2) is 0 Å². The van der Waals surface area contributed by atoms with E-state index in [-0.39, 0.29) is 18.0 Å². The number of carbonyl (C=O) groups is 2. The summed E-state index contributed by atoms with van der Waals surface area (Å²) in [5.41, 5.74) is 1.66. The Bertz CT molecular complexity index is 917. The van der Waals surface area contributed by atoms with E-state index in [1.807, 2.05) is 5.32 Å². The van der Waals surface area contributed by atoms with Crippen molar-refractivity contribution in [3.05, 3.63) is 47.5 Å². The van der Waals surface area contributed by atoms with Crippen molar-refractivity contribution in [3.63, 3.8) is 0 Å². The van der Waals surface area contributed by atoms with Crippen molar-refractivity contribution < 1.29 is 32.2 Å². The molecule has 0 aromatic heterocycles. The van der Waals surface area contributed by atoms with Crippen LogP contribution in [0, 0.1) is 6.92 Å². The Morgan fingerprint density at radius 1 is 1.00 bits per heavy atom. The van der Waals surface area contributed by atoms with Crippen molar-refractivity contribution in [1.29, 1.82) is 0 Å². The van der Waals surface area contributed by atoms with Crippen LogP contribution in [0.25, 0.3) is 0 Å². The molecule has 0 aliphatic rings. The first kappa shape index (κ1) is 22.9. The maximum Gasteiger partial charge on any atom is 0.405 e. The molecule has 0 atom stereocenters. The minimum atomic E-state index is -4.50. The predicted octanol–water partition coefficient (Wildman–Crippen LogP) is 3.35. The number of alkyl halides is 3. The molecule has 0 aliphatic heterocycles. The minimum Gasteiger partial charge on any atom is -0.497 e. The average Bonchev–Trinajstić information content (AvgIpc) is 2.71.